The summed E-state index contributed by atoms with van der Waals surface area (Å²) in [5, 5.41) is 9.53. The lowest BCUT2D eigenvalue weighted by Crippen LogP contribution is -2.60. The number of hydrogen-bond donors (Lipinski definition) is 0. The molecule has 0 amide bonds. The molecule has 2 rings (SSSR count). The Labute approximate surface area is 94.3 Å². The van der Waals surface area contributed by atoms with Gasteiger partial charge in [0.2, 0.25) is 0 Å². The molecule has 1 fully saturated rings. The minimum absolute atomic E-state index is 0.247. The molecule has 0 aliphatic carbocycles. The third kappa shape index (κ3) is 2.46. The summed E-state index contributed by atoms with van der Waals surface area (Å²) >= 11 is 1.51. The molecule has 1 aliphatic heterocycles. The van der Waals surface area contributed by atoms with E-state index in [2.05, 4.69) is 35.9 Å². The summed E-state index contributed by atoms with van der Waals surface area (Å²) in [5.74, 6) is 0. The van der Waals surface area contributed by atoms with Crippen molar-refractivity contribution in [2.75, 3.05) is 13.1 Å². The van der Waals surface area contributed by atoms with Crippen molar-refractivity contribution in [1.29, 1.82) is 0 Å². The second-order valence-corrected chi connectivity index (χ2v) is 6.05. The zero-order valence-electron chi connectivity index (χ0n) is 9.65. The number of likely N-dealkylation sites (tertiary alicyclic amines) is 1. The van der Waals surface area contributed by atoms with Gasteiger partial charge in [-0.2, -0.15) is 0 Å². The van der Waals surface area contributed by atoms with Crippen LogP contribution in [0.1, 0.15) is 25.8 Å². The molecule has 1 saturated heterocycles. The highest BCUT2D eigenvalue weighted by Gasteiger charge is 2.36. The highest BCUT2D eigenvalue weighted by atomic mass is 32.1. The summed E-state index contributed by atoms with van der Waals surface area (Å²) in [5.41, 5.74) is 0.247. The number of hydrogen-bond acceptors (Lipinski definition) is 5. The summed E-state index contributed by atoms with van der Waals surface area (Å²) in [4.78, 5) is 2.39. The summed E-state index contributed by atoms with van der Waals surface area (Å²) in [6.07, 6.45) is 0.288. The number of aromatic nitrogens is 2. The Balaban J connectivity index is 1.81. The molecule has 0 radical (unpaired) electrons. The lowest BCUT2D eigenvalue weighted by atomic mass is 9.99. The smallest absolute Gasteiger partial charge is 0.294 e. The molecule has 0 bridgehead atoms. The third-order valence-electron chi connectivity index (χ3n) is 2.57. The second-order valence-electron chi connectivity index (χ2n) is 4.90. The standard InChI is InChI=1S/C10H17N3OS/c1-7-11-12-9(15-7)14-8-5-13(6-8)10(2,3)4/h8H,5-6H2,1-4H3. The normalized spacial score (nSPS) is 18.9. The predicted octanol–water partition coefficient (Wildman–Crippen LogP) is 1.71. The number of ether oxygens (including phenoxy) is 1. The Morgan fingerprint density at radius 3 is 2.47 bits per heavy atom. The summed E-state index contributed by atoms with van der Waals surface area (Å²) < 4.78 is 5.70. The van der Waals surface area contributed by atoms with Crippen molar-refractivity contribution in [2.45, 2.75) is 39.3 Å². The van der Waals surface area contributed by atoms with Crippen LogP contribution in [0, 0.1) is 6.92 Å². The van der Waals surface area contributed by atoms with E-state index in [4.69, 9.17) is 4.74 Å². The molecule has 0 N–H and O–H groups in total. The first-order valence-electron chi connectivity index (χ1n) is 5.17. The van der Waals surface area contributed by atoms with Crippen LogP contribution in [0.4, 0.5) is 0 Å². The third-order valence-corrected chi connectivity index (χ3v) is 3.30. The number of rotatable bonds is 2. The van der Waals surface area contributed by atoms with Crippen molar-refractivity contribution >= 4 is 11.3 Å². The fourth-order valence-electron chi connectivity index (χ4n) is 1.53. The highest BCUT2D eigenvalue weighted by Crippen LogP contribution is 2.26. The van der Waals surface area contributed by atoms with Gasteiger partial charge in [0.1, 0.15) is 11.1 Å². The van der Waals surface area contributed by atoms with Crippen molar-refractivity contribution in [2.24, 2.45) is 0 Å². The van der Waals surface area contributed by atoms with Gasteiger partial charge in [0.15, 0.2) is 0 Å². The van der Waals surface area contributed by atoms with Crippen LogP contribution < -0.4 is 4.74 Å². The Morgan fingerprint density at radius 1 is 1.33 bits per heavy atom. The molecule has 0 atom stereocenters. The first-order valence-corrected chi connectivity index (χ1v) is 5.98. The zero-order chi connectivity index (χ0) is 11.1. The summed E-state index contributed by atoms with van der Waals surface area (Å²) in [6, 6.07) is 0. The van der Waals surface area contributed by atoms with Gasteiger partial charge >= 0.3 is 0 Å². The van der Waals surface area contributed by atoms with Crippen LogP contribution in [0.3, 0.4) is 0 Å². The molecule has 0 aromatic carbocycles. The van der Waals surface area contributed by atoms with Crippen LogP contribution in [-0.4, -0.2) is 39.8 Å². The van der Waals surface area contributed by atoms with E-state index in [1.165, 1.54) is 11.3 Å². The first-order chi connectivity index (χ1) is 6.95. The van der Waals surface area contributed by atoms with Crippen molar-refractivity contribution in [3.63, 3.8) is 0 Å². The monoisotopic (exact) mass is 227 g/mol. The molecular weight excluding hydrogens is 210 g/mol. The molecule has 5 heteroatoms. The van der Waals surface area contributed by atoms with Gasteiger partial charge in [-0.3, -0.25) is 4.90 Å². The van der Waals surface area contributed by atoms with Crippen LogP contribution in [0.25, 0.3) is 0 Å². The SMILES string of the molecule is Cc1nnc(OC2CN(C(C)(C)C)C2)s1. The maximum absolute atomic E-state index is 5.70. The zero-order valence-corrected chi connectivity index (χ0v) is 10.5. The topological polar surface area (TPSA) is 38.3 Å². The van der Waals surface area contributed by atoms with E-state index in [0.29, 0.717) is 5.19 Å². The molecule has 1 aromatic heterocycles. The van der Waals surface area contributed by atoms with E-state index in [9.17, 15) is 0 Å². The van der Waals surface area contributed by atoms with Gasteiger partial charge in [-0.15, -0.1) is 10.2 Å². The van der Waals surface area contributed by atoms with Crippen molar-refractivity contribution < 1.29 is 4.74 Å². The van der Waals surface area contributed by atoms with E-state index >= 15 is 0 Å². The van der Waals surface area contributed by atoms with Gasteiger partial charge < -0.3 is 4.74 Å². The molecule has 0 saturated carbocycles. The minimum Gasteiger partial charge on any atom is -0.463 e. The summed E-state index contributed by atoms with van der Waals surface area (Å²) in [6.45, 7) is 10.6. The molecule has 2 heterocycles. The van der Waals surface area contributed by atoms with E-state index < -0.39 is 0 Å². The maximum atomic E-state index is 5.70. The Kier molecular flexibility index (Phi) is 2.68. The van der Waals surface area contributed by atoms with E-state index in [0.717, 1.165) is 18.1 Å². The Hall–Kier alpha value is -0.680. The van der Waals surface area contributed by atoms with Gasteiger partial charge in [0.05, 0.1) is 0 Å². The van der Waals surface area contributed by atoms with Crippen LogP contribution >= 0.6 is 11.3 Å². The maximum Gasteiger partial charge on any atom is 0.294 e. The average molecular weight is 227 g/mol. The van der Waals surface area contributed by atoms with Crippen LogP contribution in [-0.2, 0) is 0 Å². The van der Waals surface area contributed by atoms with E-state index in [1.807, 2.05) is 6.92 Å². The quantitative estimate of drug-likeness (QED) is 0.771. The van der Waals surface area contributed by atoms with Gasteiger partial charge in [-0.1, -0.05) is 11.3 Å². The highest BCUT2D eigenvalue weighted by molar-refractivity contribution is 7.12. The van der Waals surface area contributed by atoms with E-state index in [1.54, 1.807) is 0 Å². The molecular formula is C10H17N3OS. The first kappa shape index (κ1) is 10.8. The molecule has 1 aliphatic rings. The second kappa shape index (κ2) is 3.72. The molecule has 0 spiro atoms. The van der Waals surface area contributed by atoms with Crippen molar-refractivity contribution in [1.82, 2.24) is 15.1 Å². The summed E-state index contributed by atoms with van der Waals surface area (Å²) in [7, 11) is 0. The molecule has 0 unspecified atom stereocenters. The number of aryl methyl sites for hydroxylation is 1. The predicted molar refractivity (Wildman–Crippen MR) is 60.4 cm³/mol. The molecule has 4 nitrogen and oxygen atoms in total. The van der Waals surface area contributed by atoms with Crippen LogP contribution in [0.2, 0.25) is 0 Å². The van der Waals surface area contributed by atoms with E-state index in [-0.39, 0.29) is 11.6 Å². The molecule has 1 aromatic rings. The molecule has 15 heavy (non-hydrogen) atoms. The lowest BCUT2D eigenvalue weighted by Gasteiger charge is -2.46. The fourth-order valence-corrected chi connectivity index (χ4v) is 2.13. The number of nitrogens with zero attached hydrogens (tertiary/aromatic N) is 3. The fraction of sp³-hybridized carbons (Fsp3) is 0.800. The van der Waals surface area contributed by atoms with Crippen molar-refractivity contribution in [3.05, 3.63) is 5.01 Å². The molecule has 84 valence electrons. The largest absolute Gasteiger partial charge is 0.463 e. The lowest BCUT2D eigenvalue weighted by molar-refractivity contribution is -0.0353. The Morgan fingerprint density at radius 2 is 2.00 bits per heavy atom. The van der Waals surface area contributed by atoms with Crippen LogP contribution in [0.5, 0.6) is 5.19 Å². The van der Waals surface area contributed by atoms with Gasteiger partial charge in [0, 0.05) is 18.6 Å². The Bertz CT molecular complexity index is 339. The van der Waals surface area contributed by atoms with Gasteiger partial charge in [-0.05, 0) is 27.7 Å². The van der Waals surface area contributed by atoms with Gasteiger partial charge in [-0.25, -0.2) is 0 Å². The van der Waals surface area contributed by atoms with Crippen LogP contribution in [0.15, 0.2) is 0 Å². The van der Waals surface area contributed by atoms with Gasteiger partial charge in [0.25, 0.3) is 5.19 Å². The average Bonchev–Trinajstić information content (AvgIpc) is 2.40. The minimum atomic E-state index is 0.247. The van der Waals surface area contributed by atoms with Crippen molar-refractivity contribution in [3.8, 4) is 5.19 Å².